The van der Waals surface area contributed by atoms with Crippen LogP contribution < -0.4 is 10.5 Å². The third kappa shape index (κ3) is 3.50. The van der Waals surface area contributed by atoms with Gasteiger partial charge in [0.1, 0.15) is 0 Å². The topological polar surface area (TPSA) is 106 Å². The first-order chi connectivity index (χ1) is 9.20. The Morgan fingerprint density at radius 3 is 2.65 bits per heavy atom. The van der Waals surface area contributed by atoms with Crippen molar-refractivity contribution in [2.24, 2.45) is 5.92 Å². The SMILES string of the molecule is Cc1ccc(S(=O)(=O)NCC2CCS(=O)(=O)C2)cc1N. The number of benzene rings is 1. The van der Waals surface area contributed by atoms with Crippen LogP contribution in [0.15, 0.2) is 23.1 Å². The highest BCUT2D eigenvalue weighted by atomic mass is 32.2. The Balaban J connectivity index is 2.06. The van der Waals surface area contributed by atoms with Crippen LogP contribution in [0.4, 0.5) is 5.69 Å². The predicted molar refractivity (Wildman–Crippen MR) is 77.5 cm³/mol. The molecule has 0 bridgehead atoms. The first-order valence-corrected chi connectivity index (χ1v) is 9.56. The molecule has 8 heteroatoms. The van der Waals surface area contributed by atoms with Crippen LogP contribution in [-0.4, -0.2) is 34.9 Å². The lowest BCUT2D eigenvalue weighted by atomic mass is 10.1. The van der Waals surface area contributed by atoms with Crippen molar-refractivity contribution in [2.75, 3.05) is 23.8 Å². The van der Waals surface area contributed by atoms with Gasteiger partial charge in [-0.15, -0.1) is 0 Å². The van der Waals surface area contributed by atoms with Gasteiger partial charge < -0.3 is 5.73 Å². The Labute approximate surface area is 119 Å². The number of rotatable bonds is 4. The van der Waals surface area contributed by atoms with Crippen molar-refractivity contribution in [3.8, 4) is 0 Å². The molecule has 1 aliphatic heterocycles. The molecule has 1 aliphatic rings. The quantitative estimate of drug-likeness (QED) is 0.776. The van der Waals surface area contributed by atoms with E-state index in [2.05, 4.69) is 4.72 Å². The highest BCUT2D eigenvalue weighted by Gasteiger charge is 2.29. The van der Waals surface area contributed by atoms with Crippen molar-refractivity contribution in [2.45, 2.75) is 18.2 Å². The summed E-state index contributed by atoms with van der Waals surface area (Å²) < 4.78 is 49.3. The summed E-state index contributed by atoms with van der Waals surface area (Å²) in [5, 5.41) is 0. The Morgan fingerprint density at radius 1 is 1.40 bits per heavy atom. The molecule has 112 valence electrons. The summed E-state index contributed by atoms with van der Waals surface area (Å²) in [5.41, 5.74) is 6.92. The van der Waals surface area contributed by atoms with Gasteiger partial charge in [0.2, 0.25) is 10.0 Å². The minimum Gasteiger partial charge on any atom is -0.398 e. The molecule has 20 heavy (non-hydrogen) atoms. The van der Waals surface area contributed by atoms with Crippen molar-refractivity contribution in [3.63, 3.8) is 0 Å². The highest BCUT2D eigenvalue weighted by Crippen LogP contribution is 2.20. The normalized spacial score (nSPS) is 21.9. The molecular formula is C12H18N2O4S2. The number of hydrogen-bond donors (Lipinski definition) is 2. The largest absolute Gasteiger partial charge is 0.398 e. The Bertz CT molecular complexity index is 711. The summed E-state index contributed by atoms with van der Waals surface area (Å²) in [6.45, 7) is 1.93. The van der Waals surface area contributed by atoms with Gasteiger partial charge >= 0.3 is 0 Å². The molecule has 6 nitrogen and oxygen atoms in total. The van der Waals surface area contributed by atoms with Crippen LogP contribution in [0.5, 0.6) is 0 Å². The van der Waals surface area contributed by atoms with Crippen molar-refractivity contribution >= 4 is 25.5 Å². The number of nitrogens with one attached hydrogen (secondary N) is 1. The van der Waals surface area contributed by atoms with Gasteiger partial charge in [-0.1, -0.05) is 6.07 Å². The molecule has 1 saturated heterocycles. The van der Waals surface area contributed by atoms with E-state index in [4.69, 9.17) is 5.73 Å². The van der Waals surface area contributed by atoms with E-state index in [1.165, 1.54) is 12.1 Å². The van der Waals surface area contributed by atoms with Crippen LogP contribution in [0.1, 0.15) is 12.0 Å². The standard InChI is InChI=1S/C12H18N2O4S2/c1-9-2-3-11(6-12(9)13)20(17,18)14-7-10-4-5-19(15,16)8-10/h2-3,6,10,14H,4-5,7-8,13H2,1H3. The third-order valence-corrected chi connectivity index (χ3v) is 6.71. The smallest absolute Gasteiger partial charge is 0.240 e. The van der Waals surface area contributed by atoms with Crippen molar-refractivity contribution in [1.29, 1.82) is 0 Å². The van der Waals surface area contributed by atoms with E-state index in [9.17, 15) is 16.8 Å². The first-order valence-electron chi connectivity index (χ1n) is 6.26. The summed E-state index contributed by atoms with van der Waals surface area (Å²) in [6.07, 6.45) is 0.501. The molecule has 0 amide bonds. The van der Waals surface area contributed by atoms with Gasteiger partial charge in [0.25, 0.3) is 0 Å². The second-order valence-electron chi connectivity index (χ2n) is 5.14. The summed E-state index contributed by atoms with van der Waals surface area (Å²) in [6, 6.07) is 4.53. The average molecular weight is 318 g/mol. The van der Waals surface area contributed by atoms with E-state index < -0.39 is 19.9 Å². The van der Waals surface area contributed by atoms with Crippen molar-refractivity contribution < 1.29 is 16.8 Å². The average Bonchev–Trinajstić information content (AvgIpc) is 2.70. The summed E-state index contributed by atoms with van der Waals surface area (Å²) in [4.78, 5) is 0.0986. The number of aryl methyl sites for hydroxylation is 1. The van der Waals surface area contributed by atoms with E-state index in [1.54, 1.807) is 13.0 Å². The Kier molecular flexibility index (Phi) is 4.08. The maximum atomic E-state index is 12.1. The van der Waals surface area contributed by atoms with Gasteiger partial charge in [-0.05, 0) is 37.0 Å². The Hall–Kier alpha value is -1.12. The second-order valence-corrected chi connectivity index (χ2v) is 9.14. The second kappa shape index (κ2) is 5.34. The van der Waals surface area contributed by atoms with Gasteiger partial charge in [0.05, 0.1) is 16.4 Å². The molecule has 2 rings (SSSR count). The molecule has 1 aromatic carbocycles. The minimum atomic E-state index is -3.65. The highest BCUT2D eigenvalue weighted by molar-refractivity contribution is 7.91. The van der Waals surface area contributed by atoms with Gasteiger partial charge in [-0.3, -0.25) is 0 Å². The maximum absolute atomic E-state index is 12.1. The van der Waals surface area contributed by atoms with E-state index >= 15 is 0 Å². The van der Waals surface area contributed by atoms with Crippen molar-refractivity contribution in [3.05, 3.63) is 23.8 Å². The first kappa shape index (κ1) is 15.3. The molecule has 1 aromatic rings. The number of hydrogen-bond acceptors (Lipinski definition) is 5. The number of anilines is 1. The minimum absolute atomic E-state index is 0.0472. The lowest BCUT2D eigenvalue weighted by Crippen LogP contribution is -2.30. The molecular weight excluding hydrogens is 300 g/mol. The summed E-state index contributed by atoms with van der Waals surface area (Å²) >= 11 is 0. The fourth-order valence-electron chi connectivity index (χ4n) is 2.13. The van der Waals surface area contributed by atoms with E-state index in [0.717, 1.165) is 5.56 Å². The van der Waals surface area contributed by atoms with Crippen LogP contribution in [0.3, 0.4) is 0 Å². The van der Waals surface area contributed by atoms with Crippen LogP contribution in [0.2, 0.25) is 0 Å². The molecule has 1 fully saturated rings. The van der Waals surface area contributed by atoms with Crippen LogP contribution in [0.25, 0.3) is 0 Å². The molecule has 3 N–H and O–H groups in total. The van der Waals surface area contributed by atoms with Gasteiger partial charge in [0.15, 0.2) is 9.84 Å². The summed E-state index contributed by atoms with van der Waals surface area (Å²) in [7, 11) is -6.64. The Morgan fingerprint density at radius 2 is 2.10 bits per heavy atom. The van der Waals surface area contributed by atoms with Crippen molar-refractivity contribution in [1.82, 2.24) is 4.72 Å². The van der Waals surface area contributed by atoms with Crippen LogP contribution in [-0.2, 0) is 19.9 Å². The van der Waals surface area contributed by atoms with Gasteiger partial charge in [-0.2, -0.15) is 0 Å². The number of sulfone groups is 1. The molecule has 0 aliphatic carbocycles. The number of sulfonamides is 1. The van der Waals surface area contributed by atoms with Gasteiger partial charge in [-0.25, -0.2) is 21.6 Å². The lowest BCUT2D eigenvalue weighted by molar-refractivity contribution is 0.543. The fraction of sp³-hybridized carbons (Fsp3) is 0.500. The number of nitrogens with two attached hydrogens (primary N) is 1. The molecule has 1 atom stereocenters. The summed E-state index contributed by atoms with van der Waals surface area (Å²) in [5.74, 6) is 0.0279. The molecule has 0 radical (unpaired) electrons. The predicted octanol–water partition coefficient (Wildman–Crippen LogP) is 0.290. The van der Waals surface area contributed by atoms with Crippen LogP contribution >= 0.6 is 0 Å². The fourth-order valence-corrected chi connectivity index (χ4v) is 5.14. The molecule has 0 saturated carbocycles. The monoisotopic (exact) mass is 318 g/mol. The molecule has 1 unspecified atom stereocenters. The van der Waals surface area contributed by atoms with E-state index in [-0.39, 0.29) is 28.9 Å². The molecule has 0 spiro atoms. The van der Waals surface area contributed by atoms with Crippen LogP contribution in [0, 0.1) is 12.8 Å². The lowest BCUT2D eigenvalue weighted by Gasteiger charge is -2.11. The van der Waals surface area contributed by atoms with E-state index in [0.29, 0.717) is 12.1 Å². The maximum Gasteiger partial charge on any atom is 0.240 e. The zero-order valence-corrected chi connectivity index (χ0v) is 12.8. The van der Waals surface area contributed by atoms with E-state index in [1.807, 2.05) is 0 Å². The zero-order chi connectivity index (χ0) is 15.0. The zero-order valence-electron chi connectivity index (χ0n) is 11.2. The molecule has 1 heterocycles. The van der Waals surface area contributed by atoms with Gasteiger partial charge in [0, 0.05) is 12.2 Å². The third-order valence-electron chi connectivity index (χ3n) is 3.45. The molecule has 0 aromatic heterocycles. The number of nitrogen functional groups attached to an aromatic ring is 1.